The molecule has 10 heteroatoms. The van der Waals surface area contributed by atoms with Crippen LogP contribution < -0.4 is 20.3 Å². The molecular formula is C25H23N5O4S. The van der Waals surface area contributed by atoms with E-state index in [9.17, 15) is 14.4 Å². The van der Waals surface area contributed by atoms with Gasteiger partial charge in [0.2, 0.25) is 5.91 Å². The number of hydrogen-bond acceptors (Lipinski definition) is 6. The monoisotopic (exact) mass is 489 g/mol. The van der Waals surface area contributed by atoms with Crippen molar-refractivity contribution in [2.45, 2.75) is 12.8 Å². The number of nitrogens with zero attached hydrogens (tertiary/aromatic N) is 4. The Morgan fingerprint density at radius 2 is 1.71 bits per heavy atom. The van der Waals surface area contributed by atoms with Crippen molar-refractivity contribution in [1.82, 2.24) is 9.78 Å². The maximum Gasteiger partial charge on any atom is 0.277 e. The summed E-state index contributed by atoms with van der Waals surface area (Å²) in [5.74, 6) is 1.40. The first-order valence-electron chi connectivity index (χ1n) is 11.5. The minimum Gasteiger partial charge on any atom is -0.493 e. The van der Waals surface area contributed by atoms with Gasteiger partial charge < -0.3 is 20.3 Å². The molecule has 1 saturated heterocycles. The topological polar surface area (TPSA) is 111 Å². The molecule has 0 aliphatic carbocycles. The van der Waals surface area contributed by atoms with Crippen molar-refractivity contribution in [3.8, 4) is 11.4 Å². The fourth-order valence-electron chi connectivity index (χ4n) is 4.90. The molecule has 2 aromatic carbocycles. The number of aromatic nitrogens is 2. The van der Waals surface area contributed by atoms with Crippen LogP contribution in [0.3, 0.4) is 0 Å². The summed E-state index contributed by atoms with van der Waals surface area (Å²) < 4.78 is 7.13. The normalized spacial score (nSPS) is 17.3. The number of carbonyl (C=O) groups excluding carboxylic acids is 3. The Kier molecular flexibility index (Phi) is 5.25. The minimum atomic E-state index is -0.653. The van der Waals surface area contributed by atoms with E-state index < -0.39 is 5.91 Å². The summed E-state index contributed by atoms with van der Waals surface area (Å²) >= 11 is 1.64. The van der Waals surface area contributed by atoms with Gasteiger partial charge in [0, 0.05) is 42.2 Å². The lowest BCUT2D eigenvalue weighted by molar-refractivity contribution is -0.116. The van der Waals surface area contributed by atoms with E-state index >= 15 is 0 Å². The highest BCUT2D eigenvalue weighted by Crippen LogP contribution is 2.32. The zero-order chi connectivity index (χ0) is 24.1. The predicted molar refractivity (Wildman–Crippen MR) is 133 cm³/mol. The molecule has 4 heterocycles. The Labute approximate surface area is 205 Å². The van der Waals surface area contributed by atoms with Gasteiger partial charge in [-0.05, 0) is 54.4 Å². The Balaban J connectivity index is 1.36. The van der Waals surface area contributed by atoms with Gasteiger partial charge in [-0.15, -0.1) is 0 Å². The number of thioether (sulfide) groups is 1. The standard InChI is InChI=1S/C25H23N5O4S/c26-24(32)22-19-7-9-29(17-3-1-16(2-4-17)28-10-12-35-14-21(28)31)25(33)23(19)30(27-22)18-5-6-20-15(13-18)8-11-34-20/h1-6,13H,7-12,14H2,(H2,26,32). The molecule has 0 unspecified atom stereocenters. The number of carbonyl (C=O) groups is 3. The Bertz CT molecular complexity index is 1370. The summed E-state index contributed by atoms with van der Waals surface area (Å²) in [6.45, 7) is 1.69. The van der Waals surface area contributed by atoms with Crippen LogP contribution in [0, 0.1) is 0 Å². The molecule has 1 aromatic heterocycles. The van der Waals surface area contributed by atoms with E-state index in [1.54, 1.807) is 21.6 Å². The summed E-state index contributed by atoms with van der Waals surface area (Å²) in [6.07, 6.45) is 1.23. The number of ether oxygens (including phenoxy) is 1. The molecule has 0 atom stereocenters. The van der Waals surface area contributed by atoms with Crippen LogP contribution in [0.15, 0.2) is 42.5 Å². The number of amides is 3. The Morgan fingerprint density at radius 3 is 2.46 bits per heavy atom. The van der Waals surface area contributed by atoms with Crippen molar-refractivity contribution < 1.29 is 19.1 Å². The maximum absolute atomic E-state index is 13.7. The third kappa shape index (κ3) is 3.65. The zero-order valence-electron chi connectivity index (χ0n) is 18.9. The van der Waals surface area contributed by atoms with Gasteiger partial charge in [-0.3, -0.25) is 14.4 Å². The molecule has 178 valence electrons. The zero-order valence-corrected chi connectivity index (χ0v) is 19.7. The molecule has 3 aliphatic rings. The van der Waals surface area contributed by atoms with Crippen LogP contribution in [0.2, 0.25) is 0 Å². The van der Waals surface area contributed by atoms with E-state index in [2.05, 4.69) is 5.10 Å². The molecule has 0 spiro atoms. The predicted octanol–water partition coefficient (Wildman–Crippen LogP) is 2.19. The first-order chi connectivity index (χ1) is 17.0. The van der Waals surface area contributed by atoms with E-state index in [0.717, 1.165) is 34.9 Å². The van der Waals surface area contributed by atoms with Crippen LogP contribution in [-0.4, -0.2) is 58.7 Å². The second kappa shape index (κ2) is 8.46. The molecule has 0 bridgehead atoms. The SMILES string of the molecule is NC(=O)c1nn(-c2ccc3c(c2)CCO3)c2c1CCN(c1ccc(N3CCSCC3=O)cc1)C2=O. The van der Waals surface area contributed by atoms with Crippen molar-refractivity contribution in [3.05, 3.63) is 65.0 Å². The second-order valence-electron chi connectivity index (χ2n) is 8.66. The van der Waals surface area contributed by atoms with Gasteiger partial charge in [0.05, 0.1) is 18.0 Å². The van der Waals surface area contributed by atoms with Crippen LogP contribution in [0.1, 0.15) is 32.1 Å². The van der Waals surface area contributed by atoms with Gasteiger partial charge in [-0.25, -0.2) is 4.68 Å². The Morgan fingerprint density at radius 1 is 0.971 bits per heavy atom. The molecule has 0 saturated carbocycles. The van der Waals surface area contributed by atoms with E-state index in [-0.39, 0.29) is 17.5 Å². The highest BCUT2D eigenvalue weighted by molar-refractivity contribution is 8.00. The van der Waals surface area contributed by atoms with Crippen LogP contribution in [0.25, 0.3) is 5.69 Å². The van der Waals surface area contributed by atoms with Gasteiger partial charge in [0.1, 0.15) is 11.4 Å². The number of nitrogens with two attached hydrogens (primary N) is 1. The van der Waals surface area contributed by atoms with Gasteiger partial charge in [-0.2, -0.15) is 16.9 Å². The fourth-order valence-corrected chi connectivity index (χ4v) is 5.69. The summed E-state index contributed by atoms with van der Waals surface area (Å²) in [5.41, 5.74) is 9.93. The van der Waals surface area contributed by atoms with E-state index in [1.807, 2.05) is 42.5 Å². The molecule has 9 nitrogen and oxygen atoms in total. The lowest BCUT2D eigenvalue weighted by atomic mass is 10.0. The summed E-state index contributed by atoms with van der Waals surface area (Å²) in [7, 11) is 0. The number of benzene rings is 2. The lowest BCUT2D eigenvalue weighted by Gasteiger charge is -2.29. The van der Waals surface area contributed by atoms with E-state index in [0.29, 0.717) is 48.8 Å². The van der Waals surface area contributed by atoms with Gasteiger partial charge >= 0.3 is 0 Å². The van der Waals surface area contributed by atoms with Crippen LogP contribution in [-0.2, 0) is 17.6 Å². The lowest BCUT2D eigenvalue weighted by Crippen LogP contribution is -2.39. The van der Waals surface area contributed by atoms with Crippen LogP contribution in [0.5, 0.6) is 5.75 Å². The largest absolute Gasteiger partial charge is 0.493 e. The molecule has 3 aromatic rings. The van der Waals surface area contributed by atoms with Gasteiger partial charge in [0.25, 0.3) is 11.8 Å². The van der Waals surface area contributed by atoms with E-state index in [4.69, 9.17) is 10.5 Å². The van der Waals surface area contributed by atoms with Crippen molar-refractivity contribution in [1.29, 1.82) is 0 Å². The quantitative estimate of drug-likeness (QED) is 0.602. The summed E-state index contributed by atoms with van der Waals surface area (Å²) in [4.78, 5) is 41.6. The number of hydrogen-bond donors (Lipinski definition) is 1. The number of primary amides is 1. The molecule has 3 amide bonds. The average Bonchev–Trinajstić information content (AvgIpc) is 3.50. The van der Waals surface area contributed by atoms with Crippen LogP contribution >= 0.6 is 11.8 Å². The highest BCUT2D eigenvalue weighted by atomic mass is 32.2. The molecule has 2 N–H and O–H groups in total. The first kappa shape index (κ1) is 21.7. The molecule has 3 aliphatic heterocycles. The maximum atomic E-state index is 13.7. The number of fused-ring (bicyclic) bond motifs is 2. The number of rotatable bonds is 4. The molecular weight excluding hydrogens is 466 g/mol. The van der Waals surface area contributed by atoms with Crippen LogP contribution in [0.4, 0.5) is 11.4 Å². The van der Waals surface area contributed by atoms with Gasteiger partial charge in [-0.1, -0.05) is 0 Å². The average molecular weight is 490 g/mol. The molecule has 0 radical (unpaired) electrons. The van der Waals surface area contributed by atoms with Crippen molar-refractivity contribution in [2.24, 2.45) is 5.73 Å². The second-order valence-corrected chi connectivity index (χ2v) is 9.77. The molecule has 1 fully saturated rings. The fraction of sp³-hybridized carbons (Fsp3) is 0.280. The third-order valence-corrected chi connectivity index (χ3v) is 7.55. The minimum absolute atomic E-state index is 0.0929. The third-order valence-electron chi connectivity index (χ3n) is 6.63. The van der Waals surface area contributed by atoms with E-state index in [1.165, 1.54) is 4.68 Å². The first-order valence-corrected chi connectivity index (χ1v) is 12.6. The smallest absolute Gasteiger partial charge is 0.277 e. The highest BCUT2D eigenvalue weighted by Gasteiger charge is 2.35. The summed E-state index contributed by atoms with van der Waals surface area (Å²) in [6, 6.07) is 13.1. The number of anilines is 2. The molecule has 6 rings (SSSR count). The molecule has 35 heavy (non-hydrogen) atoms. The van der Waals surface area contributed by atoms with Crippen molar-refractivity contribution in [2.75, 3.05) is 41.0 Å². The van der Waals surface area contributed by atoms with Crippen molar-refractivity contribution >= 4 is 40.9 Å². The Hall–Kier alpha value is -3.79. The van der Waals surface area contributed by atoms with Crippen molar-refractivity contribution in [3.63, 3.8) is 0 Å². The summed E-state index contributed by atoms with van der Waals surface area (Å²) in [5, 5.41) is 4.46. The van der Waals surface area contributed by atoms with Gasteiger partial charge in [0.15, 0.2) is 5.69 Å².